The topological polar surface area (TPSA) is 96.7 Å². The van der Waals surface area contributed by atoms with Gasteiger partial charge in [0.25, 0.3) is 0 Å². The number of hydrogen-bond acceptors (Lipinski definition) is 5. The third kappa shape index (κ3) is 2.57. The van der Waals surface area contributed by atoms with E-state index in [4.69, 9.17) is 4.98 Å². The molecule has 26 heavy (non-hydrogen) atoms. The highest BCUT2D eigenvalue weighted by atomic mass is 16.3. The van der Waals surface area contributed by atoms with Gasteiger partial charge < -0.3 is 5.11 Å². The maximum atomic E-state index is 12.4. The molecule has 0 spiro atoms. The maximum absolute atomic E-state index is 12.4. The normalized spacial score (nSPS) is 12.9. The molecule has 0 unspecified atom stereocenters. The Morgan fingerprint density at radius 1 is 1.19 bits per heavy atom. The van der Waals surface area contributed by atoms with Crippen LogP contribution in [0.1, 0.15) is 19.9 Å². The highest BCUT2D eigenvalue weighted by molar-refractivity contribution is 5.93. The van der Waals surface area contributed by atoms with Gasteiger partial charge in [0.1, 0.15) is 0 Å². The quantitative estimate of drug-likeness (QED) is 0.590. The Labute approximate surface area is 149 Å². The summed E-state index contributed by atoms with van der Waals surface area (Å²) >= 11 is 0. The van der Waals surface area contributed by atoms with E-state index in [0.29, 0.717) is 17.0 Å². The van der Waals surface area contributed by atoms with Crippen LogP contribution in [0.3, 0.4) is 0 Å². The standard InChI is InChI=1S/C19H19N5O2/c1-11(2)16(10-25)24-18-17(23-19(24)26)21-9-15(22-18)13-5-3-7-14-12(13)6-4-8-20-14/h3-9,11,16,25H,10H2,1-2H3,(H,21,23,26)/t16-/m0/s1. The van der Waals surface area contributed by atoms with Gasteiger partial charge >= 0.3 is 5.69 Å². The Bertz CT molecular complexity index is 1140. The smallest absolute Gasteiger partial charge is 0.329 e. The lowest BCUT2D eigenvalue weighted by atomic mass is 10.1. The van der Waals surface area contributed by atoms with E-state index in [1.165, 1.54) is 4.57 Å². The lowest BCUT2D eigenvalue weighted by Gasteiger charge is -2.19. The maximum Gasteiger partial charge on any atom is 0.329 e. The second kappa shape index (κ2) is 6.34. The van der Waals surface area contributed by atoms with Crippen LogP contribution in [0.2, 0.25) is 0 Å². The molecule has 0 saturated carbocycles. The summed E-state index contributed by atoms with van der Waals surface area (Å²) < 4.78 is 1.50. The van der Waals surface area contributed by atoms with Crippen molar-refractivity contribution in [1.82, 2.24) is 24.5 Å². The summed E-state index contributed by atoms with van der Waals surface area (Å²) in [7, 11) is 0. The summed E-state index contributed by atoms with van der Waals surface area (Å²) in [5.41, 5.74) is 2.97. The molecule has 4 aromatic rings. The first-order valence-corrected chi connectivity index (χ1v) is 8.52. The molecule has 132 valence electrons. The van der Waals surface area contributed by atoms with Crippen molar-refractivity contribution >= 4 is 22.2 Å². The monoisotopic (exact) mass is 349 g/mol. The summed E-state index contributed by atoms with van der Waals surface area (Å²) in [4.78, 5) is 28.6. The third-order valence-corrected chi connectivity index (χ3v) is 4.64. The van der Waals surface area contributed by atoms with Gasteiger partial charge in [-0.25, -0.2) is 14.8 Å². The predicted octanol–water partition coefficient (Wildman–Crippen LogP) is 2.52. The fourth-order valence-electron chi connectivity index (χ4n) is 3.25. The van der Waals surface area contributed by atoms with E-state index < -0.39 is 0 Å². The van der Waals surface area contributed by atoms with E-state index in [9.17, 15) is 9.90 Å². The van der Waals surface area contributed by atoms with E-state index in [1.54, 1.807) is 12.4 Å². The fraction of sp³-hybridized carbons (Fsp3) is 0.263. The number of hydrogen-bond donors (Lipinski definition) is 2. The fourth-order valence-corrected chi connectivity index (χ4v) is 3.25. The molecule has 1 aromatic carbocycles. The number of aliphatic hydroxyl groups is 1. The number of aromatic amines is 1. The summed E-state index contributed by atoms with van der Waals surface area (Å²) in [6.07, 6.45) is 3.40. The Hall–Kier alpha value is -3.06. The van der Waals surface area contributed by atoms with Crippen LogP contribution >= 0.6 is 0 Å². The van der Waals surface area contributed by atoms with Crippen LogP contribution in [0.5, 0.6) is 0 Å². The number of aliphatic hydroxyl groups excluding tert-OH is 1. The Morgan fingerprint density at radius 2 is 2.04 bits per heavy atom. The lowest BCUT2D eigenvalue weighted by Crippen LogP contribution is -2.28. The van der Waals surface area contributed by atoms with Crippen LogP contribution in [0.25, 0.3) is 33.5 Å². The van der Waals surface area contributed by atoms with Crippen molar-refractivity contribution < 1.29 is 5.11 Å². The van der Waals surface area contributed by atoms with Gasteiger partial charge in [0.15, 0.2) is 11.3 Å². The number of pyridine rings is 1. The molecular formula is C19H19N5O2. The Kier molecular flexibility index (Phi) is 4.00. The molecule has 4 rings (SSSR count). The highest BCUT2D eigenvalue weighted by Gasteiger charge is 2.22. The first kappa shape index (κ1) is 16.4. The average molecular weight is 349 g/mol. The van der Waals surface area contributed by atoms with E-state index in [1.807, 2.05) is 44.2 Å². The van der Waals surface area contributed by atoms with Crippen LogP contribution in [-0.2, 0) is 0 Å². The van der Waals surface area contributed by atoms with E-state index in [0.717, 1.165) is 16.5 Å². The van der Waals surface area contributed by atoms with Crippen LogP contribution in [-0.4, -0.2) is 36.2 Å². The second-order valence-corrected chi connectivity index (χ2v) is 6.60. The minimum Gasteiger partial charge on any atom is -0.394 e. The average Bonchev–Trinajstić information content (AvgIpc) is 2.97. The largest absolute Gasteiger partial charge is 0.394 e. The molecule has 0 aliphatic carbocycles. The van der Waals surface area contributed by atoms with Gasteiger partial charge in [0.2, 0.25) is 0 Å². The predicted molar refractivity (Wildman–Crippen MR) is 99.8 cm³/mol. The van der Waals surface area contributed by atoms with Crippen LogP contribution in [0.15, 0.2) is 47.5 Å². The second-order valence-electron chi connectivity index (χ2n) is 6.60. The zero-order chi connectivity index (χ0) is 18.3. The van der Waals surface area contributed by atoms with Crippen LogP contribution in [0, 0.1) is 5.92 Å². The van der Waals surface area contributed by atoms with E-state index >= 15 is 0 Å². The molecule has 0 fully saturated rings. The van der Waals surface area contributed by atoms with Crippen LogP contribution < -0.4 is 5.69 Å². The summed E-state index contributed by atoms with van der Waals surface area (Å²) in [6, 6.07) is 9.32. The molecule has 0 bridgehead atoms. The molecule has 7 nitrogen and oxygen atoms in total. The molecule has 1 atom stereocenters. The molecule has 0 aliphatic heterocycles. The lowest BCUT2D eigenvalue weighted by molar-refractivity contribution is 0.193. The number of nitrogens with zero attached hydrogens (tertiary/aromatic N) is 4. The number of H-pyrrole nitrogens is 1. The van der Waals surface area contributed by atoms with Gasteiger partial charge in [-0.3, -0.25) is 14.5 Å². The third-order valence-electron chi connectivity index (χ3n) is 4.64. The van der Waals surface area contributed by atoms with Gasteiger partial charge in [-0.15, -0.1) is 0 Å². The van der Waals surface area contributed by atoms with Crippen molar-refractivity contribution in [3.05, 3.63) is 53.2 Å². The van der Waals surface area contributed by atoms with Gasteiger partial charge in [0, 0.05) is 17.1 Å². The summed E-state index contributed by atoms with van der Waals surface area (Å²) in [5.74, 6) is 0.0731. The zero-order valence-corrected chi connectivity index (χ0v) is 14.5. The number of fused-ring (bicyclic) bond motifs is 2. The van der Waals surface area contributed by atoms with Crippen LogP contribution in [0.4, 0.5) is 0 Å². The highest BCUT2D eigenvalue weighted by Crippen LogP contribution is 2.27. The van der Waals surface area contributed by atoms with Crippen molar-refractivity contribution in [3.63, 3.8) is 0 Å². The minimum absolute atomic E-state index is 0.0731. The zero-order valence-electron chi connectivity index (χ0n) is 14.5. The molecule has 3 aromatic heterocycles. The molecule has 0 aliphatic rings. The Morgan fingerprint density at radius 3 is 2.81 bits per heavy atom. The first-order valence-electron chi connectivity index (χ1n) is 8.52. The van der Waals surface area contributed by atoms with E-state index in [-0.39, 0.29) is 24.3 Å². The number of nitrogens with one attached hydrogen (secondary N) is 1. The minimum atomic E-state index is -0.366. The number of rotatable bonds is 4. The summed E-state index contributed by atoms with van der Waals surface area (Å²) in [6.45, 7) is 3.77. The van der Waals surface area contributed by atoms with Crippen molar-refractivity contribution in [2.24, 2.45) is 5.92 Å². The molecule has 0 radical (unpaired) electrons. The molecule has 7 heteroatoms. The molecule has 0 amide bonds. The van der Waals surface area contributed by atoms with Crippen molar-refractivity contribution in [2.45, 2.75) is 19.9 Å². The van der Waals surface area contributed by atoms with Gasteiger partial charge in [-0.1, -0.05) is 32.0 Å². The SMILES string of the molecule is CC(C)[C@H](CO)n1c(=O)[nH]c2ncc(-c3cccc4ncccc34)nc21. The van der Waals surface area contributed by atoms with Crippen molar-refractivity contribution in [1.29, 1.82) is 0 Å². The molecular weight excluding hydrogens is 330 g/mol. The number of aromatic nitrogens is 5. The van der Waals surface area contributed by atoms with Gasteiger partial charge in [0.05, 0.1) is 30.1 Å². The van der Waals surface area contributed by atoms with Gasteiger partial charge in [-0.05, 0) is 18.1 Å². The van der Waals surface area contributed by atoms with E-state index in [2.05, 4.69) is 15.0 Å². The Balaban J connectivity index is 1.97. The summed E-state index contributed by atoms with van der Waals surface area (Å²) in [5, 5.41) is 10.7. The molecule has 2 N–H and O–H groups in total. The molecule has 0 saturated heterocycles. The van der Waals surface area contributed by atoms with Crippen molar-refractivity contribution in [2.75, 3.05) is 6.61 Å². The number of imidazole rings is 1. The van der Waals surface area contributed by atoms with Crippen molar-refractivity contribution in [3.8, 4) is 11.3 Å². The molecule has 3 heterocycles. The van der Waals surface area contributed by atoms with Gasteiger partial charge in [-0.2, -0.15) is 0 Å². The number of benzene rings is 1. The first-order chi connectivity index (χ1) is 12.6.